The van der Waals surface area contributed by atoms with Gasteiger partial charge in [0.1, 0.15) is 0 Å². The Kier molecular flexibility index (Phi) is 14.7. The van der Waals surface area contributed by atoms with Gasteiger partial charge >= 0.3 is 0 Å². The van der Waals surface area contributed by atoms with Gasteiger partial charge in [0.25, 0.3) is 0 Å². The second-order valence-corrected chi connectivity index (χ2v) is 31.2. The van der Waals surface area contributed by atoms with E-state index in [4.69, 9.17) is 0 Å². The van der Waals surface area contributed by atoms with E-state index in [2.05, 4.69) is 125 Å². The molecule has 0 amide bonds. The van der Waals surface area contributed by atoms with Crippen molar-refractivity contribution in [2.45, 2.75) is 176 Å². The second-order valence-electron chi connectivity index (χ2n) is 15.0. The van der Waals surface area contributed by atoms with Gasteiger partial charge in [-0.3, -0.25) is 0 Å². The third-order valence-electron chi connectivity index (χ3n) is 10.8. The molecule has 0 saturated carbocycles. The smallest absolute Gasteiger partial charge is 0.0939 e. The fraction of sp³-hybridized carbons (Fsp3) is 1.00. The average Bonchev–Trinajstić information content (AvgIpc) is 2.71. The van der Waals surface area contributed by atoms with Crippen LogP contribution < -0.4 is 0 Å². The SMILES string of the molecule is CC(C)[P+](CC(CO)(C[P+](C(C)C)(C(C)C)C(C)C)C[P+](C(C)C)(C(C)C)C(C)C)(C(C)C)C(C)C. The molecule has 0 spiro atoms. The molecule has 0 aliphatic heterocycles. The molecule has 1 nitrogen and oxygen atoms in total. The maximum absolute atomic E-state index is 11.8. The summed E-state index contributed by atoms with van der Waals surface area (Å²) in [5.41, 5.74) is 6.39. The number of aliphatic hydroxyl groups excluding tert-OH is 1. The summed E-state index contributed by atoms with van der Waals surface area (Å²) in [5, 5.41) is 11.8. The van der Waals surface area contributed by atoms with E-state index in [-0.39, 0.29) is 5.41 Å². The Labute approximate surface area is 232 Å². The maximum atomic E-state index is 11.8. The van der Waals surface area contributed by atoms with E-state index < -0.39 is 21.8 Å². The van der Waals surface area contributed by atoms with Crippen molar-refractivity contribution in [2.75, 3.05) is 25.1 Å². The summed E-state index contributed by atoms with van der Waals surface area (Å²) < 4.78 is 0. The van der Waals surface area contributed by atoms with Crippen molar-refractivity contribution in [1.82, 2.24) is 0 Å². The van der Waals surface area contributed by atoms with Gasteiger partial charge in [0.05, 0.1) is 81.4 Å². The largest absolute Gasteiger partial charge is 0.395 e. The van der Waals surface area contributed by atoms with Crippen LogP contribution in [-0.2, 0) is 0 Å². The molecule has 0 aliphatic carbocycles. The predicted octanol–water partition coefficient (Wildman–Crippen LogP) is 10.7. The minimum atomic E-state index is -1.33. The van der Waals surface area contributed by atoms with Crippen LogP contribution in [0, 0.1) is 5.41 Å². The summed E-state index contributed by atoms with van der Waals surface area (Å²) in [7, 11) is -3.98. The van der Waals surface area contributed by atoms with Crippen LogP contribution in [0.2, 0.25) is 0 Å². The van der Waals surface area contributed by atoms with E-state index in [1.54, 1.807) is 0 Å². The van der Waals surface area contributed by atoms with Crippen LogP contribution in [0.5, 0.6) is 0 Å². The molecule has 0 aliphatic rings. The van der Waals surface area contributed by atoms with Gasteiger partial charge in [-0.2, -0.15) is 0 Å². The molecule has 0 aromatic rings. The van der Waals surface area contributed by atoms with Gasteiger partial charge in [0.15, 0.2) is 0 Å². The third-order valence-corrected chi connectivity index (χ3v) is 31.8. The fourth-order valence-corrected chi connectivity index (χ4v) is 28.1. The number of aliphatic hydroxyl groups is 1. The van der Waals surface area contributed by atoms with Crippen LogP contribution in [-0.4, -0.2) is 81.1 Å². The molecule has 0 aromatic carbocycles. The summed E-state index contributed by atoms with van der Waals surface area (Å²) >= 11 is 0. The minimum Gasteiger partial charge on any atom is -0.395 e. The van der Waals surface area contributed by atoms with E-state index in [1.807, 2.05) is 0 Å². The molecule has 0 heterocycles. The van der Waals surface area contributed by atoms with Crippen LogP contribution >= 0.6 is 21.8 Å². The highest BCUT2D eigenvalue weighted by Crippen LogP contribution is 2.80. The molecule has 218 valence electrons. The Balaban J connectivity index is 7.57. The Morgan fingerprint density at radius 3 is 0.583 bits per heavy atom. The number of rotatable bonds is 16. The quantitative estimate of drug-likeness (QED) is 0.185. The predicted molar refractivity (Wildman–Crippen MR) is 181 cm³/mol. The van der Waals surface area contributed by atoms with Gasteiger partial charge in [-0.05, 0) is 125 Å². The lowest BCUT2D eigenvalue weighted by Crippen LogP contribution is -2.48. The molecule has 0 radical (unpaired) electrons. The van der Waals surface area contributed by atoms with Crippen LogP contribution in [0.25, 0.3) is 0 Å². The van der Waals surface area contributed by atoms with Gasteiger partial charge in [0.2, 0.25) is 0 Å². The van der Waals surface area contributed by atoms with Gasteiger partial charge in [-0.25, -0.2) is 0 Å². The maximum Gasteiger partial charge on any atom is 0.0939 e. The standard InChI is InChI=1S/C32H72OP3/c1-23(2)34(24(3)4,25(5)6)20-32(19-33,21-35(26(7)8,27(9)10)28(11)12)22-36(29(13)14,30(15)16)31(17)18/h23-31,33H,19-22H2,1-18H3/q+3. The van der Waals surface area contributed by atoms with E-state index in [0.717, 1.165) is 0 Å². The zero-order chi connectivity index (χ0) is 29.0. The zero-order valence-electron chi connectivity index (χ0n) is 28.3. The highest BCUT2D eigenvalue weighted by Gasteiger charge is 2.64. The van der Waals surface area contributed by atoms with E-state index in [1.165, 1.54) is 18.5 Å². The summed E-state index contributed by atoms with van der Waals surface area (Å²) in [6, 6.07) is 0. The molecule has 1 N–H and O–H groups in total. The number of hydrogen-bond acceptors (Lipinski definition) is 1. The van der Waals surface area contributed by atoms with E-state index in [0.29, 0.717) is 57.5 Å². The Morgan fingerprint density at radius 1 is 0.361 bits per heavy atom. The first-order valence-corrected chi connectivity index (χ1v) is 21.9. The molecule has 0 rings (SSSR count). The monoisotopic (exact) mass is 565 g/mol. The van der Waals surface area contributed by atoms with Crippen molar-refractivity contribution >= 4 is 21.8 Å². The normalized spacial score (nSPS) is 15.0. The van der Waals surface area contributed by atoms with Crippen molar-refractivity contribution in [3.05, 3.63) is 0 Å². The summed E-state index contributed by atoms with van der Waals surface area (Å²) in [4.78, 5) is 0. The third kappa shape index (κ3) is 7.11. The first-order chi connectivity index (χ1) is 16.2. The Morgan fingerprint density at radius 2 is 0.500 bits per heavy atom. The number of hydrogen-bond donors (Lipinski definition) is 1. The lowest BCUT2D eigenvalue weighted by Gasteiger charge is -2.51. The van der Waals surface area contributed by atoms with Gasteiger partial charge in [0, 0.05) is 21.8 Å². The van der Waals surface area contributed by atoms with Crippen LogP contribution in [0.3, 0.4) is 0 Å². The summed E-state index contributed by atoms with van der Waals surface area (Å²) in [5.74, 6) is 0. The van der Waals surface area contributed by atoms with E-state index in [9.17, 15) is 5.11 Å². The molecular formula is C32H72OP3+3. The first-order valence-electron chi connectivity index (χ1n) is 15.4. The highest BCUT2D eigenvalue weighted by atomic mass is 31.2. The van der Waals surface area contributed by atoms with Crippen molar-refractivity contribution in [3.8, 4) is 0 Å². The summed E-state index contributed by atoms with van der Waals surface area (Å²) in [6.07, 6.45) is 3.85. The molecule has 0 fully saturated rings. The van der Waals surface area contributed by atoms with Crippen LogP contribution in [0.1, 0.15) is 125 Å². The topological polar surface area (TPSA) is 20.2 Å². The van der Waals surface area contributed by atoms with Crippen LogP contribution in [0.15, 0.2) is 0 Å². The molecule has 36 heavy (non-hydrogen) atoms. The lowest BCUT2D eigenvalue weighted by atomic mass is 9.97. The van der Waals surface area contributed by atoms with Crippen molar-refractivity contribution in [2.24, 2.45) is 5.41 Å². The van der Waals surface area contributed by atoms with Gasteiger partial charge < -0.3 is 5.11 Å². The Bertz CT molecular complexity index is 482. The summed E-state index contributed by atoms with van der Waals surface area (Å²) in [6.45, 7) is 45.7. The molecule has 0 saturated heterocycles. The highest BCUT2D eigenvalue weighted by molar-refractivity contribution is 7.80. The first kappa shape index (κ1) is 37.2. The fourth-order valence-electron chi connectivity index (χ4n) is 9.05. The molecule has 0 unspecified atom stereocenters. The lowest BCUT2D eigenvalue weighted by molar-refractivity contribution is 0.182. The Hall–Kier alpha value is 1.25. The average molecular weight is 566 g/mol. The van der Waals surface area contributed by atoms with E-state index >= 15 is 0 Å². The molecule has 4 heteroatoms. The van der Waals surface area contributed by atoms with Crippen molar-refractivity contribution in [1.29, 1.82) is 0 Å². The zero-order valence-corrected chi connectivity index (χ0v) is 31.0. The molecular weight excluding hydrogens is 493 g/mol. The van der Waals surface area contributed by atoms with Gasteiger partial charge in [-0.15, -0.1) is 0 Å². The molecule has 0 atom stereocenters. The second kappa shape index (κ2) is 14.2. The van der Waals surface area contributed by atoms with Crippen molar-refractivity contribution < 1.29 is 5.11 Å². The molecule has 0 bridgehead atoms. The molecule has 0 aromatic heterocycles. The minimum absolute atomic E-state index is 0.0335. The van der Waals surface area contributed by atoms with Gasteiger partial charge in [-0.1, -0.05) is 0 Å². The van der Waals surface area contributed by atoms with Crippen molar-refractivity contribution in [3.63, 3.8) is 0 Å². The van der Waals surface area contributed by atoms with Crippen LogP contribution in [0.4, 0.5) is 0 Å².